The number of pyridine rings is 1. The molecule has 0 aromatic carbocycles. The molecule has 1 aliphatic heterocycles. The monoisotopic (exact) mass is 297 g/mol. The van der Waals surface area contributed by atoms with Crippen LogP contribution in [0.2, 0.25) is 0 Å². The number of carbonyl (C=O) groups is 1. The minimum Gasteiger partial charge on any atom is -0.333 e. The number of amides is 1. The van der Waals surface area contributed by atoms with E-state index >= 15 is 0 Å². The van der Waals surface area contributed by atoms with Crippen LogP contribution in [-0.4, -0.2) is 41.5 Å². The first kappa shape index (κ1) is 12.5. The summed E-state index contributed by atoms with van der Waals surface area (Å²) < 4.78 is 0.889. The van der Waals surface area contributed by atoms with Crippen LogP contribution in [0.15, 0.2) is 22.8 Å². The van der Waals surface area contributed by atoms with Crippen molar-refractivity contribution in [1.82, 2.24) is 15.2 Å². The predicted octanol–water partition coefficient (Wildman–Crippen LogP) is 1.67. The Morgan fingerprint density at radius 1 is 1.65 bits per heavy atom. The summed E-state index contributed by atoms with van der Waals surface area (Å²) in [6, 6.07) is 3.91. The second kappa shape index (κ2) is 5.60. The molecule has 4 nitrogen and oxygen atoms in total. The maximum absolute atomic E-state index is 12.3. The van der Waals surface area contributed by atoms with Gasteiger partial charge in [-0.15, -0.1) is 0 Å². The average molecular weight is 298 g/mol. The topological polar surface area (TPSA) is 45.2 Å². The minimum absolute atomic E-state index is 0.0219. The largest absolute Gasteiger partial charge is 0.333 e. The molecule has 1 aromatic heterocycles. The van der Waals surface area contributed by atoms with Gasteiger partial charge in [-0.25, -0.2) is 4.98 Å². The molecule has 17 heavy (non-hydrogen) atoms. The van der Waals surface area contributed by atoms with Gasteiger partial charge in [-0.3, -0.25) is 4.79 Å². The Kier molecular flexibility index (Phi) is 4.12. The molecule has 0 spiro atoms. The number of likely N-dealkylation sites (N-methyl/N-ethyl adjacent to an activating group) is 1. The molecule has 1 N–H and O–H groups in total. The molecular formula is C12H16BrN3O. The molecule has 0 radical (unpaired) electrons. The molecule has 0 bridgehead atoms. The molecule has 1 aliphatic rings. The number of carbonyl (C=O) groups excluding carboxylic acids is 1. The lowest BCUT2D eigenvalue weighted by atomic mass is 10.2. The molecule has 1 aromatic rings. The molecule has 5 heteroatoms. The van der Waals surface area contributed by atoms with E-state index in [0.29, 0.717) is 11.7 Å². The molecule has 0 saturated carbocycles. The average Bonchev–Trinajstić information content (AvgIpc) is 2.84. The number of nitrogens with one attached hydrogen (secondary N) is 1. The summed E-state index contributed by atoms with van der Waals surface area (Å²) in [4.78, 5) is 18.4. The molecule has 1 amide bonds. The van der Waals surface area contributed by atoms with Crippen molar-refractivity contribution in [2.24, 2.45) is 0 Å². The molecule has 2 rings (SSSR count). The lowest BCUT2D eigenvalue weighted by molar-refractivity contribution is 0.0697. The Balaban J connectivity index is 2.13. The van der Waals surface area contributed by atoms with Gasteiger partial charge < -0.3 is 10.2 Å². The van der Waals surface area contributed by atoms with Crippen molar-refractivity contribution in [3.8, 4) is 0 Å². The maximum atomic E-state index is 12.3. The third-order valence-electron chi connectivity index (χ3n) is 3.02. The summed E-state index contributed by atoms with van der Waals surface area (Å²) in [6.45, 7) is 4.61. The van der Waals surface area contributed by atoms with Crippen molar-refractivity contribution < 1.29 is 4.79 Å². The van der Waals surface area contributed by atoms with Crippen molar-refractivity contribution in [2.75, 3.05) is 19.6 Å². The van der Waals surface area contributed by atoms with Crippen LogP contribution < -0.4 is 5.32 Å². The van der Waals surface area contributed by atoms with Crippen LogP contribution in [0.1, 0.15) is 23.8 Å². The fraction of sp³-hybridized carbons (Fsp3) is 0.500. The number of hydrogen-bond donors (Lipinski definition) is 1. The Morgan fingerprint density at radius 2 is 2.47 bits per heavy atom. The number of hydrogen-bond acceptors (Lipinski definition) is 3. The Labute approximate surface area is 110 Å². The van der Waals surface area contributed by atoms with E-state index in [1.54, 1.807) is 12.3 Å². The van der Waals surface area contributed by atoms with E-state index in [4.69, 9.17) is 0 Å². The van der Waals surface area contributed by atoms with Crippen LogP contribution in [0.3, 0.4) is 0 Å². The second-order valence-corrected chi connectivity index (χ2v) is 5.02. The van der Waals surface area contributed by atoms with Gasteiger partial charge in [-0.2, -0.15) is 0 Å². The van der Waals surface area contributed by atoms with Crippen LogP contribution in [0.4, 0.5) is 0 Å². The Hall–Kier alpha value is -0.940. The highest BCUT2D eigenvalue weighted by atomic mass is 79.9. The van der Waals surface area contributed by atoms with Crippen molar-refractivity contribution >= 4 is 21.8 Å². The summed E-state index contributed by atoms with van der Waals surface area (Å²) in [6.07, 6.45) is 2.68. The van der Waals surface area contributed by atoms with Gasteiger partial charge in [0.1, 0.15) is 5.69 Å². The van der Waals surface area contributed by atoms with Gasteiger partial charge in [0, 0.05) is 29.8 Å². The normalized spacial score (nSPS) is 19.3. The van der Waals surface area contributed by atoms with Gasteiger partial charge in [-0.05, 0) is 48.0 Å². The van der Waals surface area contributed by atoms with E-state index < -0.39 is 0 Å². The quantitative estimate of drug-likeness (QED) is 0.923. The first-order valence-electron chi connectivity index (χ1n) is 5.85. The standard InChI is InChI=1S/C12H16BrN3O/c1-2-16(10-5-6-14-8-10)12(17)11-4-3-9(13)7-15-11/h3-4,7,10,14H,2,5-6,8H2,1H3. The number of aromatic nitrogens is 1. The summed E-state index contributed by atoms with van der Waals surface area (Å²) >= 11 is 3.32. The van der Waals surface area contributed by atoms with Gasteiger partial charge in [0.15, 0.2) is 0 Å². The number of rotatable bonds is 3. The van der Waals surface area contributed by atoms with Crippen molar-refractivity contribution in [1.29, 1.82) is 0 Å². The minimum atomic E-state index is 0.0219. The van der Waals surface area contributed by atoms with Crippen molar-refractivity contribution in [3.63, 3.8) is 0 Å². The van der Waals surface area contributed by atoms with Crippen LogP contribution >= 0.6 is 15.9 Å². The van der Waals surface area contributed by atoms with Gasteiger partial charge in [0.2, 0.25) is 0 Å². The van der Waals surface area contributed by atoms with E-state index in [-0.39, 0.29) is 5.91 Å². The highest BCUT2D eigenvalue weighted by molar-refractivity contribution is 9.10. The van der Waals surface area contributed by atoms with Gasteiger partial charge in [0.25, 0.3) is 5.91 Å². The molecule has 0 aliphatic carbocycles. The highest BCUT2D eigenvalue weighted by Crippen LogP contribution is 2.13. The van der Waals surface area contributed by atoms with E-state index in [9.17, 15) is 4.79 Å². The molecular weight excluding hydrogens is 282 g/mol. The highest BCUT2D eigenvalue weighted by Gasteiger charge is 2.26. The summed E-state index contributed by atoms with van der Waals surface area (Å²) in [5.41, 5.74) is 0.516. The fourth-order valence-electron chi connectivity index (χ4n) is 2.12. The zero-order chi connectivity index (χ0) is 12.3. The lowest BCUT2D eigenvalue weighted by Gasteiger charge is -2.26. The predicted molar refractivity (Wildman–Crippen MR) is 69.9 cm³/mol. The van der Waals surface area contributed by atoms with E-state index in [2.05, 4.69) is 26.2 Å². The van der Waals surface area contributed by atoms with Crippen LogP contribution in [0.25, 0.3) is 0 Å². The summed E-state index contributed by atoms with van der Waals surface area (Å²) in [5, 5.41) is 3.28. The zero-order valence-corrected chi connectivity index (χ0v) is 11.4. The van der Waals surface area contributed by atoms with E-state index in [1.165, 1.54) is 0 Å². The Bertz CT molecular complexity index is 387. The molecule has 2 heterocycles. The fourth-order valence-corrected chi connectivity index (χ4v) is 2.36. The van der Waals surface area contributed by atoms with E-state index in [0.717, 1.165) is 30.5 Å². The first-order valence-corrected chi connectivity index (χ1v) is 6.65. The SMILES string of the molecule is CCN(C(=O)c1ccc(Br)cn1)C1CCNC1. The van der Waals surface area contributed by atoms with Crippen LogP contribution in [-0.2, 0) is 0 Å². The van der Waals surface area contributed by atoms with Crippen LogP contribution in [0, 0.1) is 0 Å². The van der Waals surface area contributed by atoms with Crippen molar-refractivity contribution in [3.05, 3.63) is 28.5 Å². The maximum Gasteiger partial charge on any atom is 0.272 e. The smallest absolute Gasteiger partial charge is 0.272 e. The molecule has 1 fully saturated rings. The zero-order valence-electron chi connectivity index (χ0n) is 9.82. The summed E-state index contributed by atoms with van der Waals surface area (Å²) in [5.74, 6) is 0.0219. The third kappa shape index (κ3) is 2.84. The molecule has 92 valence electrons. The van der Waals surface area contributed by atoms with E-state index in [1.807, 2.05) is 17.9 Å². The van der Waals surface area contributed by atoms with Crippen molar-refractivity contribution in [2.45, 2.75) is 19.4 Å². The lowest BCUT2D eigenvalue weighted by Crippen LogP contribution is -2.41. The first-order chi connectivity index (χ1) is 8.22. The van der Waals surface area contributed by atoms with Gasteiger partial charge in [-0.1, -0.05) is 0 Å². The number of nitrogens with zero attached hydrogens (tertiary/aromatic N) is 2. The molecule has 1 unspecified atom stereocenters. The van der Waals surface area contributed by atoms with Crippen LogP contribution in [0.5, 0.6) is 0 Å². The number of halogens is 1. The second-order valence-electron chi connectivity index (χ2n) is 4.10. The van der Waals surface area contributed by atoms with Gasteiger partial charge in [0.05, 0.1) is 0 Å². The third-order valence-corrected chi connectivity index (χ3v) is 3.49. The molecule has 1 atom stereocenters. The Morgan fingerprint density at radius 3 is 3.00 bits per heavy atom. The van der Waals surface area contributed by atoms with Gasteiger partial charge >= 0.3 is 0 Å². The summed E-state index contributed by atoms with van der Waals surface area (Å²) in [7, 11) is 0. The molecule has 1 saturated heterocycles.